The van der Waals surface area contributed by atoms with Crippen LogP contribution in [0.5, 0.6) is 0 Å². The van der Waals surface area contributed by atoms with E-state index in [0.29, 0.717) is 12.4 Å². The minimum absolute atomic E-state index is 0.177. The average Bonchev–Trinajstić information content (AvgIpc) is 3.14. The fourth-order valence-electron chi connectivity index (χ4n) is 2.78. The van der Waals surface area contributed by atoms with Crippen molar-refractivity contribution in [1.29, 1.82) is 5.26 Å². The van der Waals surface area contributed by atoms with Crippen LogP contribution >= 0.6 is 11.3 Å². The van der Waals surface area contributed by atoms with Crippen molar-refractivity contribution in [3.8, 4) is 6.07 Å². The molecule has 6 nitrogen and oxygen atoms in total. The first kappa shape index (κ1) is 13.5. The molecule has 0 spiro atoms. The lowest BCUT2D eigenvalue weighted by molar-refractivity contribution is 0.852. The number of hydrogen-bond acceptors (Lipinski definition) is 6. The van der Waals surface area contributed by atoms with E-state index in [0.717, 1.165) is 31.6 Å². The second-order valence-electron chi connectivity index (χ2n) is 5.18. The molecule has 4 aromatic rings. The van der Waals surface area contributed by atoms with Gasteiger partial charge in [0.15, 0.2) is 0 Å². The van der Waals surface area contributed by atoms with Crippen molar-refractivity contribution in [3.05, 3.63) is 46.3 Å². The van der Waals surface area contributed by atoms with Gasteiger partial charge in [0, 0.05) is 22.0 Å². The molecule has 0 amide bonds. The molecule has 3 aromatic heterocycles. The van der Waals surface area contributed by atoms with Gasteiger partial charge in [0.05, 0.1) is 17.4 Å². The van der Waals surface area contributed by atoms with Crippen molar-refractivity contribution >= 4 is 44.9 Å². The molecule has 0 aliphatic heterocycles. The number of fused-ring (bicyclic) bond motifs is 3. The highest BCUT2D eigenvalue weighted by Crippen LogP contribution is 2.30. The topological polar surface area (TPSA) is 107 Å². The standard InChI is InChI=1S/C16H12N6S/c17-7-9-1-2-10(23-9)8-22-6-5-11-13(22)4-3-12-14(11)15(18)21-16(19)20-12/h1-6H,8H2,(H4,18,19,20,21). The predicted molar refractivity (Wildman–Crippen MR) is 92.0 cm³/mol. The molecule has 4 N–H and O–H groups in total. The number of benzene rings is 1. The highest BCUT2D eigenvalue weighted by molar-refractivity contribution is 7.12. The SMILES string of the molecule is N#Cc1ccc(Cn2ccc3c4c(N)nc(N)nc4ccc32)s1. The van der Waals surface area contributed by atoms with E-state index in [1.165, 1.54) is 11.3 Å². The van der Waals surface area contributed by atoms with Gasteiger partial charge in [-0.05, 0) is 30.3 Å². The average molecular weight is 320 g/mol. The van der Waals surface area contributed by atoms with Crippen molar-refractivity contribution in [2.45, 2.75) is 6.54 Å². The van der Waals surface area contributed by atoms with Crippen LogP contribution in [-0.2, 0) is 6.54 Å². The molecule has 3 heterocycles. The van der Waals surface area contributed by atoms with Crippen LogP contribution in [0.4, 0.5) is 11.8 Å². The maximum Gasteiger partial charge on any atom is 0.222 e. The summed E-state index contributed by atoms with van der Waals surface area (Å²) in [6.45, 7) is 0.705. The molecule has 0 saturated carbocycles. The van der Waals surface area contributed by atoms with E-state index in [1.807, 2.05) is 36.5 Å². The van der Waals surface area contributed by atoms with Gasteiger partial charge in [0.1, 0.15) is 16.8 Å². The summed E-state index contributed by atoms with van der Waals surface area (Å²) >= 11 is 1.50. The first-order valence-electron chi connectivity index (χ1n) is 6.95. The fourth-order valence-corrected chi connectivity index (χ4v) is 3.58. The molecule has 112 valence electrons. The van der Waals surface area contributed by atoms with Gasteiger partial charge in [0.25, 0.3) is 0 Å². The minimum Gasteiger partial charge on any atom is -0.383 e. The molecule has 0 saturated heterocycles. The summed E-state index contributed by atoms with van der Waals surface area (Å²) in [5.74, 6) is 0.565. The first-order chi connectivity index (χ1) is 11.2. The minimum atomic E-state index is 0.177. The van der Waals surface area contributed by atoms with Crippen LogP contribution in [0.3, 0.4) is 0 Å². The van der Waals surface area contributed by atoms with Crippen LogP contribution in [0.15, 0.2) is 36.5 Å². The highest BCUT2D eigenvalue weighted by Gasteiger charge is 2.11. The number of anilines is 2. The van der Waals surface area contributed by atoms with Gasteiger partial charge >= 0.3 is 0 Å². The molecule has 0 aliphatic carbocycles. The highest BCUT2D eigenvalue weighted by atomic mass is 32.1. The maximum atomic E-state index is 8.94. The van der Waals surface area contributed by atoms with Crippen LogP contribution in [0.2, 0.25) is 0 Å². The van der Waals surface area contributed by atoms with Gasteiger partial charge < -0.3 is 16.0 Å². The second kappa shape index (κ2) is 4.97. The molecule has 0 aliphatic rings. The van der Waals surface area contributed by atoms with Crippen LogP contribution < -0.4 is 11.5 Å². The largest absolute Gasteiger partial charge is 0.383 e. The molecule has 7 heteroatoms. The smallest absolute Gasteiger partial charge is 0.222 e. The lowest BCUT2D eigenvalue weighted by Crippen LogP contribution is -2.01. The van der Waals surface area contributed by atoms with Crippen molar-refractivity contribution in [2.75, 3.05) is 11.5 Å². The lowest BCUT2D eigenvalue weighted by Gasteiger charge is -2.06. The molecule has 0 fully saturated rings. The van der Waals surface area contributed by atoms with E-state index < -0.39 is 0 Å². The van der Waals surface area contributed by atoms with E-state index in [1.54, 1.807) is 0 Å². The third-order valence-electron chi connectivity index (χ3n) is 3.76. The Morgan fingerprint density at radius 3 is 2.78 bits per heavy atom. The molecule has 0 radical (unpaired) electrons. The van der Waals surface area contributed by atoms with Crippen LogP contribution in [0.1, 0.15) is 9.75 Å². The van der Waals surface area contributed by atoms with Crippen LogP contribution in [0, 0.1) is 11.3 Å². The maximum absolute atomic E-state index is 8.94. The van der Waals surface area contributed by atoms with Gasteiger partial charge in [-0.15, -0.1) is 11.3 Å². The summed E-state index contributed by atoms with van der Waals surface area (Å²) in [5.41, 5.74) is 13.5. The number of aromatic nitrogens is 3. The van der Waals surface area contributed by atoms with Crippen molar-refractivity contribution in [3.63, 3.8) is 0 Å². The monoisotopic (exact) mass is 320 g/mol. The van der Waals surface area contributed by atoms with E-state index in [-0.39, 0.29) is 5.95 Å². The molecule has 1 aromatic carbocycles. The Kier molecular flexibility index (Phi) is 2.93. The Labute approximate surface area is 135 Å². The lowest BCUT2D eigenvalue weighted by atomic mass is 10.1. The van der Waals surface area contributed by atoms with Gasteiger partial charge in [-0.1, -0.05) is 0 Å². The van der Waals surface area contributed by atoms with Gasteiger partial charge in [-0.2, -0.15) is 10.2 Å². The summed E-state index contributed by atoms with van der Waals surface area (Å²) in [7, 11) is 0. The second-order valence-corrected chi connectivity index (χ2v) is 6.35. The number of hydrogen-bond donors (Lipinski definition) is 2. The Morgan fingerprint density at radius 2 is 2.00 bits per heavy atom. The summed E-state index contributed by atoms with van der Waals surface area (Å²) in [6, 6.07) is 11.9. The summed E-state index contributed by atoms with van der Waals surface area (Å²) < 4.78 is 2.12. The molecular weight excluding hydrogens is 308 g/mol. The number of thiophene rings is 1. The number of nitriles is 1. The number of nitrogen functional groups attached to an aromatic ring is 2. The summed E-state index contributed by atoms with van der Waals surface area (Å²) in [4.78, 5) is 10.1. The van der Waals surface area contributed by atoms with Crippen LogP contribution in [-0.4, -0.2) is 14.5 Å². The van der Waals surface area contributed by atoms with Crippen molar-refractivity contribution in [1.82, 2.24) is 14.5 Å². The third kappa shape index (κ3) is 2.17. The molecular formula is C16H12N6S. The van der Waals surface area contributed by atoms with E-state index in [2.05, 4.69) is 20.6 Å². The van der Waals surface area contributed by atoms with E-state index in [9.17, 15) is 0 Å². The van der Waals surface area contributed by atoms with E-state index >= 15 is 0 Å². The predicted octanol–water partition coefficient (Wildman–Crippen LogP) is 2.73. The normalized spacial score (nSPS) is 11.1. The zero-order chi connectivity index (χ0) is 16.0. The molecule has 0 unspecified atom stereocenters. The zero-order valence-corrected chi connectivity index (χ0v) is 12.8. The molecule has 0 bridgehead atoms. The Balaban J connectivity index is 1.87. The van der Waals surface area contributed by atoms with Gasteiger partial charge in [-0.3, -0.25) is 0 Å². The Bertz CT molecular complexity index is 1090. The van der Waals surface area contributed by atoms with Gasteiger partial charge in [-0.25, -0.2) is 4.98 Å². The number of rotatable bonds is 2. The molecule has 0 atom stereocenters. The summed E-state index contributed by atoms with van der Waals surface area (Å²) in [5, 5.41) is 10.8. The van der Waals surface area contributed by atoms with Crippen molar-refractivity contribution in [2.24, 2.45) is 0 Å². The van der Waals surface area contributed by atoms with Crippen molar-refractivity contribution < 1.29 is 0 Å². The fraction of sp³-hybridized carbons (Fsp3) is 0.0625. The Hall–Kier alpha value is -3.11. The third-order valence-corrected chi connectivity index (χ3v) is 4.73. The number of nitrogens with zero attached hydrogens (tertiary/aromatic N) is 4. The quantitative estimate of drug-likeness (QED) is 0.590. The molecule has 4 rings (SSSR count). The van der Waals surface area contributed by atoms with Crippen LogP contribution in [0.25, 0.3) is 21.8 Å². The van der Waals surface area contributed by atoms with E-state index in [4.69, 9.17) is 16.7 Å². The molecule has 23 heavy (non-hydrogen) atoms. The number of nitrogens with two attached hydrogens (primary N) is 2. The zero-order valence-electron chi connectivity index (χ0n) is 12.0. The summed E-state index contributed by atoms with van der Waals surface area (Å²) in [6.07, 6.45) is 2.01. The first-order valence-corrected chi connectivity index (χ1v) is 7.77. The van der Waals surface area contributed by atoms with Gasteiger partial charge in [0.2, 0.25) is 5.95 Å². The Morgan fingerprint density at radius 1 is 1.13 bits per heavy atom.